The predicted octanol–water partition coefficient (Wildman–Crippen LogP) is 3.27. The van der Waals surface area contributed by atoms with Crippen molar-refractivity contribution in [2.75, 3.05) is 19.6 Å². The average molecular weight is 389 g/mol. The van der Waals surface area contributed by atoms with Gasteiger partial charge in [0, 0.05) is 31.9 Å². The van der Waals surface area contributed by atoms with Crippen LogP contribution in [0.3, 0.4) is 0 Å². The first-order valence-electron chi connectivity index (χ1n) is 10.8. The molecule has 2 aromatic rings. The molecule has 5 rings (SSSR count). The van der Waals surface area contributed by atoms with Crippen LogP contribution >= 0.6 is 0 Å². The molecule has 0 unspecified atom stereocenters. The minimum absolute atomic E-state index is 0.00967. The molecule has 1 aliphatic carbocycles. The lowest BCUT2D eigenvalue weighted by molar-refractivity contribution is -0.140. The highest BCUT2D eigenvalue weighted by atomic mass is 16.2. The molecule has 5 heteroatoms. The van der Waals surface area contributed by atoms with Crippen LogP contribution in [0.25, 0.3) is 0 Å². The molecule has 2 saturated heterocycles. The first-order chi connectivity index (χ1) is 14.2. The highest BCUT2D eigenvalue weighted by molar-refractivity contribution is 5.93. The van der Waals surface area contributed by atoms with E-state index in [-0.39, 0.29) is 17.4 Å². The van der Waals surface area contributed by atoms with Crippen molar-refractivity contribution in [1.29, 1.82) is 0 Å². The Morgan fingerprint density at radius 2 is 1.76 bits per heavy atom. The molecule has 2 aliphatic heterocycles. The number of rotatable bonds is 3. The van der Waals surface area contributed by atoms with Crippen molar-refractivity contribution >= 4 is 11.8 Å². The van der Waals surface area contributed by atoms with Crippen LogP contribution in [0.2, 0.25) is 0 Å². The van der Waals surface area contributed by atoms with Gasteiger partial charge in [0.25, 0.3) is 5.91 Å². The van der Waals surface area contributed by atoms with Gasteiger partial charge in [-0.15, -0.1) is 0 Å². The number of likely N-dealkylation sites (tertiary alicyclic amines) is 2. The molecule has 3 fully saturated rings. The standard InChI is InChI=1S/C24H27N3O2/c28-22(20-10-4-5-14-25-20)26-16-11-21-18(17-26)7-6-15-27(21)23(29)24(12-13-24)19-8-2-1-3-9-19/h1-5,8-10,14,18,21H,6-7,11-13,15-17H2/t18-,21+/m1/s1. The number of nitrogens with zero attached hydrogens (tertiary/aromatic N) is 3. The van der Waals surface area contributed by atoms with Crippen molar-refractivity contribution < 1.29 is 9.59 Å². The van der Waals surface area contributed by atoms with Gasteiger partial charge >= 0.3 is 0 Å². The third kappa shape index (κ3) is 3.22. The zero-order valence-electron chi connectivity index (χ0n) is 16.7. The van der Waals surface area contributed by atoms with Crippen LogP contribution in [0, 0.1) is 5.92 Å². The monoisotopic (exact) mass is 389 g/mol. The van der Waals surface area contributed by atoms with Gasteiger partial charge in [-0.25, -0.2) is 0 Å². The zero-order valence-corrected chi connectivity index (χ0v) is 16.7. The van der Waals surface area contributed by atoms with Crippen molar-refractivity contribution in [3.63, 3.8) is 0 Å². The van der Waals surface area contributed by atoms with Crippen molar-refractivity contribution in [3.8, 4) is 0 Å². The second kappa shape index (κ2) is 7.29. The normalized spacial score (nSPS) is 25.2. The van der Waals surface area contributed by atoms with E-state index in [9.17, 15) is 9.59 Å². The van der Waals surface area contributed by atoms with E-state index in [1.165, 1.54) is 0 Å². The molecule has 0 radical (unpaired) electrons. The quantitative estimate of drug-likeness (QED) is 0.810. The van der Waals surface area contributed by atoms with E-state index in [1.807, 2.05) is 35.2 Å². The lowest BCUT2D eigenvalue weighted by Crippen LogP contribution is -2.58. The van der Waals surface area contributed by atoms with Crippen molar-refractivity contribution in [2.45, 2.75) is 43.6 Å². The Morgan fingerprint density at radius 3 is 2.48 bits per heavy atom. The largest absolute Gasteiger partial charge is 0.339 e. The molecule has 3 aliphatic rings. The first kappa shape index (κ1) is 18.3. The first-order valence-corrected chi connectivity index (χ1v) is 10.8. The maximum absolute atomic E-state index is 13.6. The van der Waals surface area contributed by atoms with Crippen LogP contribution in [0.1, 0.15) is 48.2 Å². The van der Waals surface area contributed by atoms with Crippen LogP contribution in [-0.2, 0) is 10.2 Å². The van der Waals surface area contributed by atoms with Crippen LogP contribution in [-0.4, -0.2) is 52.3 Å². The van der Waals surface area contributed by atoms with Gasteiger partial charge in [-0.1, -0.05) is 36.4 Å². The lowest BCUT2D eigenvalue weighted by Gasteiger charge is -2.48. The fourth-order valence-corrected chi connectivity index (χ4v) is 5.27. The summed E-state index contributed by atoms with van der Waals surface area (Å²) in [5.41, 5.74) is 1.37. The Labute approximate surface area is 171 Å². The lowest BCUT2D eigenvalue weighted by atomic mass is 9.82. The number of piperidine rings is 2. The number of carbonyl (C=O) groups excluding carboxylic acids is 2. The van der Waals surface area contributed by atoms with Crippen LogP contribution in [0.15, 0.2) is 54.7 Å². The van der Waals surface area contributed by atoms with Crippen molar-refractivity contribution in [2.24, 2.45) is 5.92 Å². The fourth-order valence-electron chi connectivity index (χ4n) is 5.27. The Bertz CT molecular complexity index is 895. The summed E-state index contributed by atoms with van der Waals surface area (Å²) in [5.74, 6) is 0.680. The van der Waals surface area contributed by atoms with Gasteiger partial charge in [0.1, 0.15) is 5.69 Å². The Kier molecular flexibility index (Phi) is 4.61. The number of hydrogen-bond acceptors (Lipinski definition) is 3. The number of fused-ring (bicyclic) bond motifs is 1. The number of aromatic nitrogens is 1. The molecular formula is C24H27N3O2. The minimum Gasteiger partial charge on any atom is -0.339 e. The van der Waals surface area contributed by atoms with E-state index in [1.54, 1.807) is 12.3 Å². The SMILES string of the molecule is O=C(c1ccccn1)N1CC[C@H]2[C@H](CCCN2C(=O)C2(c3ccccc3)CC2)C1. The summed E-state index contributed by atoms with van der Waals surface area (Å²) >= 11 is 0. The molecule has 1 saturated carbocycles. The summed E-state index contributed by atoms with van der Waals surface area (Å²) in [5, 5.41) is 0. The van der Waals surface area contributed by atoms with E-state index >= 15 is 0 Å². The Balaban J connectivity index is 1.31. The highest BCUT2D eigenvalue weighted by Crippen LogP contribution is 2.50. The molecule has 0 bridgehead atoms. The maximum Gasteiger partial charge on any atom is 0.272 e. The molecule has 29 heavy (non-hydrogen) atoms. The average Bonchev–Trinajstić information content (AvgIpc) is 3.61. The van der Waals surface area contributed by atoms with Crippen LogP contribution in [0.5, 0.6) is 0 Å². The molecule has 1 aromatic carbocycles. The summed E-state index contributed by atoms with van der Waals surface area (Å²) in [7, 11) is 0. The summed E-state index contributed by atoms with van der Waals surface area (Å²) in [6.07, 6.45) is 6.53. The number of amides is 2. The second-order valence-corrected chi connectivity index (χ2v) is 8.67. The maximum atomic E-state index is 13.6. The third-order valence-corrected chi connectivity index (χ3v) is 6.99. The Morgan fingerprint density at radius 1 is 0.966 bits per heavy atom. The van der Waals surface area contributed by atoms with E-state index in [4.69, 9.17) is 0 Å². The molecule has 1 aromatic heterocycles. The number of carbonyl (C=O) groups is 2. The summed E-state index contributed by atoms with van der Waals surface area (Å²) in [4.78, 5) is 34.8. The van der Waals surface area contributed by atoms with E-state index in [0.717, 1.165) is 50.8 Å². The van der Waals surface area contributed by atoms with Gasteiger partial charge in [-0.2, -0.15) is 0 Å². The van der Waals surface area contributed by atoms with Gasteiger partial charge in [0.2, 0.25) is 5.91 Å². The molecule has 150 valence electrons. The second-order valence-electron chi connectivity index (χ2n) is 8.67. The topological polar surface area (TPSA) is 53.5 Å². The van der Waals surface area contributed by atoms with Crippen LogP contribution < -0.4 is 0 Å². The zero-order chi connectivity index (χ0) is 19.8. The van der Waals surface area contributed by atoms with Crippen LogP contribution in [0.4, 0.5) is 0 Å². The van der Waals surface area contributed by atoms with Gasteiger partial charge < -0.3 is 9.80 Å². The molecule has 2 atom stereocenters. The van der Waals surface area contributed by atoms with Gasteiger partial charge in [-0.3, -0.25) is 14.6 Å². The molecule has 3 heterocycles. The predicted molar refractivity (Wildman–Crippen MR) is 110 cm³/mol. The third-order valence-electron chi connectivity index (χ3n) is 6.99. The summed E-state index contributed by atoms with van der Waals surface area (Å²) in [6.45, 7) is 2.27. The fraction of sp³-hybridized carbons (Fsp3) is 0.458. The van der Waals surface area contributed by atoms with Gasteiger partial charge in [0.05, 0.1) is 5.41 Å². The summed E-state index contributed by atoms with van der Waals surface area (Å²) < 4.78 is 0. The van der Waals surface area contributed by atoms with Gasteiger partial charge in [-0.05, 0) is 55.7 Å². The molecule has 0 spiro atoms. The minimum atomic E-state index is -0.302. The number of benzene rings is 1. The smallest absolute Gasteiger partial charge is 0.272 e. The van der Waals surface area contributed by atoms with E-state index in [2.05, 4.69) is 22.0 Å². The summed E-state index contributed by atoms with van der Waals surface area (Å²) in [6, 6.07) is 16.0. The molecule has 2 amide bonds. The molecule has 5 nitrogen and oxygen atoms in total. The van der Waals surface area contributed by atoms with Gasteiger partial charge in [0.15, 0.2) is 0 Å². The van der Waals surface area contributed by atoms with E-state index in [0.29, 0.717) is 24.1 Å². The van der Waals surface area contributed by atoms with Crippen molar-refractivity contribution in [1.82, 2.24) is 14.8 Å². The molecule has 0 N–H and O–H groups in total. The number of pyridine rings is 1. The van der Waals surface area contributed by atoms with E-state index < -0.39 is 0 Å². The highest BCUT2D eigenvalue weighted by Gasteiger charge is 2.55. The Hall–Kier alpha value is -2.69. The molecular weight excluding hydrogens is 362 g/mol. The number of hydrogen-bond donors (Lipinski definition) is 0. The van der Waals surface area contributed by atoms with Crippen molar-refractivity contribution in [3.05, 3.63) is 66.0 Å².